The monoisotopic (exact) mass is 417 g/mol. The van der Waals surface area contributed by atoms with E-state index in [1.54, 1.807) is 35.2 Å². The predicted molar refractivity (Wildman–Crippen MR) is 119 cm³/mol. The van der Waals surface area contributed by atoms with E-state index in [9.17, 15) is 9.59 Å². The van der Waals surface area contributed by atoms with Gasteiger partial charge >= 0.3 is 0 Å². The molecule has 0 aliphatic rings. The van der Waals surface area contributed by atoms with Crippen LogP contribution in [0.4, 0.5) is 0 Å². The van der Waals surface area contributed by atoms with Gasteiger partial charge in [0.1, 0.15) is 17.2 Å². The molecule has 0 saturated carbocycles. The number of primary amides is 1. The van der Waals surface area contributed by atoms with Gasteiger partial charge in [-0.3, -0.25) is 19.1 Å². The van der Waals surface area contributed by atoms with E-state index in [1.807, 2.05) is 24.3 Å². The third-order valence-corrected chi connectivity index (χ3v) is 5.19. The van der Waals surface area contributed by atoms with Gasteiger partial charge in [-0.05, 0) is 42.8 Å². The molecule has 31 heavy (non-hydrogen) atoms. The third-order valence-electron chi connectivity index (χ3n) is 5.19. The van der Waals surface area contributed by atoms with Gasteiger partial charge in [0.05, 0.1) is 23.7 Å². The Morgan fingerprint density at radius 3 is 2.68 bits per heavy atom. The zero-order valence-corrected chi connectivity index (χ0v) is 17.4. The van der Waals surface area contributed by atoms with Crippen molar-refractivity contribution in [3.8, 4) is 17.2 Å². The van der Waals surface area contributed by atoms with Crippen LogP contribution in [0.5, 0.6) is 17.2 Å². The van der Waals surface area contributed by atoms with Crippen LogP contribution in [0.25, 0.3) is 21.8 Å². The van der Waals surface area contributed by atoms with E-state index in [4.69, 9.17) is 15.2 Å². The second-order valence-electron chi connectivity index (χ2n) is 7.25. The minimum Gasteiger partial charge on any atom is -0.496 e. The zero-order valence-electron chi connectivity index (χ0n) is 17.4. The van der Waals surface area contributed by atoms with Crippen molar-refractivity contribution < 1.29 is 19.1 Å². The van der Waals surface area contributed by atoms with E-state index < -0.39 is 5.91 Å². The normalized spacial score (nSPS) is 11.0. The molecular formula is C24H23N3O4. The number of amides is 1. The van der Waals surface area contributed by atoms with Crippen LogP contribution in [0.3, 0.4) is 0 Å². The van der Waals surface area contributed by atoms with E-state index in [-0.39, 0.29) is 11.5 Å². The number of carbonyl (C=O) groups excluding carboxylic acids is 2. The molecule has 7 nitrogen and oxygen atoms in total. The molecule has 0 radical (unpaired) electrons. The Balaban J connectivity index is 1.69. The van der Waals surface area contributed by atoms with Gasteiger partial charge < -0.3 is 15.2 Å². The van der Waals surface area contributed by atoms with Crippen molar-refractivity contribution in [2.45, 2.75) is 26.2 Å². The highest BCUT2D eigenvalue weighted by molar-refractivity contribution is 6.01. The fraction of sp³-hybridized carbons (Fsp3) is 0.208. The van der Waals surface area contributed by atoms with E-state index in [1.165, 1.54) is 7.11 Å². The van der Waals surface area contributed by atoms with E-state index in [0.717, 1.165) is 23.7 Å². The lowest BCUT2D eigenvalue weighted by Gasteiger charge is -2.12. The number of pyridine rings is 1. The number of benzene rings is 2. The summed E-state index contributed by atoms with van der Waals surface area (Å²) >= 11 is 0. The summed E-state index contributed by atoms with van der Waals surface area (Å²) in [5.74, 6) is 0.992. The molecule has 4 aromatic rings. The molecular weight excluding hydrogens is 394 g/mol. The Hall–Kier alpha value is -3.87. The number of rotatable bonds is 7. The van der Waals surface area contributed by atoms with Crippen molar-refractivity contribution in [3.63, 3.8) is 0 Å². The summed E-state index contributed by atoms with van der Waals surface area (Å²) in [5, 5.41) is 1.55. The van der Waals surface area contributed by atoms with Gasteiger partial charge in [-0.1, -0.05) is 13.3 Å². The summed E-state index contributed by atoms with van der Waals surface area (Å²) in [7, 11) is 1.47. The van der Waals surface area contributed by atoms with Crippen LogP contribution in [-0.2, 0) is 0 Å². The molecule has 2 heterocycles. The van der Waals surface area contributed by atoms with Gasteiger partial charge in [0.25, 0.3) is 5.91 Å². The maximum Gasteiger partial charge on any atom is 0.252 e. The first kappa shape index (κ1) is 20.4. The van der Waals surface area contributed by atoms with Crippen molar-refractivity contribution in [3.05, 3.63) is 60.4 Å². The molecule has 2 aromatic heterocycles. The van der Waals surface area contributed by atoms with Crippen molar-refractivity contribution in [1.29, 1.82) is 0 Å². The average Bonchev–Trinajstić information content (AvgIpc) is 3.20. The van der Waals surface area contributed by atoms with Crippen molar-refractivity contribution in [1.82, 2.24) is 9.55 Å². The first-order chi connectivity index (χ1) is 15.0. The number of nitrogens with zero attached hydrogens (tertiary/aromatic N) is 2. The summed E-state index contributed by atoms with van der Waals surface area (Å²) in [5.41, 5.74) is 7.21. The predicted octanol–water partition coefficient (Wildman–Crippen LogP) is 4.92. The number of unbranched alkanes of at least 4 members (excludes halogenated alkanes) is 1. The minimum absolute atomic E-state index is 0.0820. The Morgan fingerprint density at radius 2 is 1.94 bits per heavy atom. The van der Waals surface area contributed by atoms with Crippen molar-refractivity contribution in [2.75, 3.05) is 7.11 Å². The van der Waals surface area contributed by atoms with E-state index in [2.05, 4.69) is 11.9 Å². The molecule has 158 valence electrons. The SMILES string of the molecule is CCCCC(=O)n1ccc2cc(Oc3ccnc4cc(OC)c(C(N)=O)cc34)ccc21. The summed E-state index contributed by atoms with van der Waals surface area (Å²) in [6, 6.07) is 12.5. The Morgan fingerprint density at radius 1 is 1.10 bits per heavy atom. The molecule has 0 fully saturated rings. The Bertz CT molecular complexity index is 1290. The first-order valence-electron chi connectivity index (χ1n) is 10.1. The fourth-order valence-corrected chi connectivity index (χ4v) is 3.58. The van der Waals surface area contributed by atoms with Crippen LogP contribution in [0.2, 0.25) is 0 Å². The van der Waals surface area contributed by atoms with Gasteiger partial charge in [0, 0.05) is 35.7 Å². The summed E-state index contributed by atoms with van der Waals surface area (Å²) < 4.78 is 13.1. The highest BCUT2D eigenvalue weighted by atomic mass is 16.5. The number of methoxy groups -OCH3 is 1. The fourth-order valence-electron chi connectivity index (χ4n) is 3.58. The van der Waals surface area contributed by atoms with Gasteiger partial charge in [-0.15, -0.1) is 0 Å². The Labute approximate surface area is 179 Å². The summed E-state index contributed by atoms with van der Waals surface area (Å²) in [6.07, 6.45) is 5.79. The topological polar surface area (TPSA) is 96.4 Å². The zero-order chi connectivity index (χ0) is 22.0. The van der Waals surface area contributed by atoms with Gasteiger partial charge in [-0.25, -0.2) is 0 Å². The lowest BCUT2D eigenvalue weighted by Crippen LogP contribution is -2.12. The van der Waals surface area contributed by atoms with Gasteiger partial charge in [0.2, 0.25) is 5.91 Å². The number of hydrogen-bond acceptors (Lipinski definition) is 5. The van der Waals surface area contributed by atoms with Crippen LogP contribution >= 0.6 is 0 Å². The van der Waals surface area contributed by atoms with Crippen molar-refractivity contribution >= 4 is 33.6 Å². The second kappa shape index (κ2) is 8.47. The maximum atomic E-state index is 12.4. The average molecular weight is 417 g/mol. The van der Waals surface area contributed by atoms with E-state index in [0.29, 0.717) is 34.6 Å². The largest absolute Gasteiger partial charge is 0.496 e. The number of aromatic nitrogens is 2. The van der Waals surface area contributed by atoms with E-state index >= 15 is 0 Å². The standard InChI is InChI=1S/C24H23N3O4/c1-3-4-5-23(28)27-11-9-15-12-16(6-7-20(15)27)31-21-8-10-26-19-14-22(30-2)18(24(25)29)13-17(19)21/h6-14H,3-5H2,1-2H3,(H2,25,29). The third kappa shape index (κ3) is 3.94. The Kier molecular flexibility index (Phi) is 5.58. The van der Waals surface area contributed by atoms with Crippen LogP contribution in [-0.4, -0.2) is 28.5 Å². The molecule has 0 atom stereocenters. The molecule has 0 unspecified atom stereocenters. The molecule has 0 aliphatic carbocycles. The molecule has 2 aromatic carbocycles. The molecule has 0 saturated heterocycles. The van der Waals surface area contributed by atoms with Crippen molar-refractivity contribution in [2.24, 2.45) is 5.73 Å². The molecule has 7 heteroatoms. The van der Waals surface area contributed by atoms with Crippen LogP contribution in [0.1, 0.15) is 41.3 Å². The second-order valence-corrected chi connectivity index (χ2v) is 7.25. The number of fused-ring (bicyclic) bond motifs is 2. The quantitative estimate of drug-likeness (QED) is 0.460. The van der Waals surface area contributed by atoms with Crippen LogP contribution < -0.4 is 15.2 Å². The number of hydrogen-bond donors (Lipinski definition) is 1. The molecule has 4 rings (SSSR count). The lowest BCUT2D eigenvalue weighted by molar-refractivity contribution is 0.0904. The van der Waals surface area contributed by atoms with Gasteiger partial charge in [0.15, 0.2) is 0 Å². The minimum atomic E-state index is -0.593. The number of ether oxygens (including phenoxy) is 2. The van der Waals surface area contributed by atoms with Gasteiger partial charge in [-0.2, -0.15) is 0 Å². The smallest absolute Gasteiger partial charge is 0.252 e. The molecule has 0 aliphatic heterocycles. The lowest BCUT2D eigenvalue weighted by atomic mass is 10.1. The molecule has 1 amide bonds. The highest BCUT2D eigenvalue weighted by Gasteiger charge is 2.15. The highest BCUT2D eigenvalue weighted by Crippen LogP contribution is 2.34. The molecule has 2 N–H and O–H groups in total. The summed E-state index contributed by atoms with van der Waals surface area (Å²) in [4.78, 5) is 28.6. The van der Waals surface area contributed by atoms with Crippen LogP contribution in [0.15, 0.2) is 54.9 Å². The molecule has 0 bridgehead atoms. The molecule has 0 spiro atoms. The number of carbonyl (C=O) groups is 2. The maximum absolute atomic E-state index is 12.4. The van der Waals surface area contributed by atoms with Crippen LogP contribution in [0, 0.1) is 0 Å². The summed E-state index contributed by atoms with van der Waals surface area (Å²) in [6.45, 7) is 2.07. The first-order valence-corrected chi connectivity index (χ1v) is 10.1. The number of nitrogens with two attached hydrogens (primary N) is 1.